The Kier molecular flexibility index (Phi) is 3.60. The number of imide groups is 1. The van der Waals surface area contributed by atoms with Gasteiger partial charge in [0.05, 0.1) is 5.69 Å². The predicted molar refractivity (Wildman–Crippen MR) is 95.6 cm³/mol. The smallest absolute Gasteiger partial charge is 0.259 e. The maximum atomic E-state index is 13.0. The number of nitrogens with zero attached hydrogens (tertiary/aromatic N) is 1. The van der Waals surface area contributed by atoms with Gasteiger partial charge in [0.15, 0.2) is 0 Å². The van der Waals surface area contributed by atoms with Crippen LogP contribution in [0.5, 0.6) is 0 Å². The number of carbonyl (C=O) groups excluding carboxylic acids is 3. The molecule has 0 radical (unpaired) electrons. The lowest BCUT2D eigenvalue weighted by Gasteiger charge is -2.30. The lowest BCUT2D eigenvalue weighted by Crippen LogP contribution is -2.53. The molecule has 0 aromatic heterocycles. The molecule has 5 nitrogen and oxygen atoms in total. The van der Waals surface area contributed by atoms with Crippen molar-refractivity contribution < 1.29 is 14.4 Å². The van der Waals surface area contributed by atoms with Gasteiger partial charge in [0.25, 0.3) is 5.91 Å². The molecule has 1 fully saturated rings. The van der Waals surface area contributed by atoms with Crippen LogP contribution in [0.15, 0.2) is 30.3 Å². The number of hydrogen-bond donors (Lipinski definition) is 1. The van der Waals surface area contributed by atoms with Crippen molar-refractivity contribution in [3.8, 4) is 0 Å². The fraction of sp³-hybridized carbons (Fsp3) is 0.350. The molecule has 3 amide bonds. The number of anilines is 1. The molecule has 2 heterocycles. The number of amides is 3. The van der Waals surface area contributed by atoms with E-state index in [-0.39, 0.29) is 18.2 Å². The number of benzene rings is 2. The number of rotatable bonds is 3. The lowest BCUT2D eigenvalue weighted by atomic mass is 9.91. The van der Waals surface area contributed by atoms with Crippen molar-refractivity contribution in [1.29, 1.82) is 0 Å². The molecule has 2 aromatic carbocycles. The Labute approximate surface area is 146 Å². The molecule has 0 spiro atoms. The van der Waals surface area contributed by atoms with Crippen molar-refractivity contribution in [2.75, 3.05) is 4.90 Å². The van der Waals surface area contributed by atoms with E-state index in [1.54, 1.807) is 4.90 Å². The summed E-state index contributed by atoms with van der Waals surface area (Å²) in [6.07, 6.45) is 1.63. The Morgan fingerprint density at radius 3 is 2.72 bits per heavy atom. The molecule has 5 heteroatoms. The summed E-state index contributed by atoms with van der Waals surface area (Å²) in [6.45, 7) is 4.33. The number of nitrogens with one attached hydrogen (secondary N) is 1. The first-order valence-corrected chi connectivity index (χ1v) is 8.75. The molecule has 0 saturated carbocycles. The summed E-state index contributed by atoms with van der Waals surface area (Å²) in [7, 11) is 0. The van der Waals surface area contributed by atoms with Crippen molar-refractivity contribution in [2.45, 2.75) is 45.1 Å². The zero-order chi connectivity index (χ0) is 17.7. The van der Waals surface area contributed by atoms with Crippen LogP contribution in [0.3, 0.4) is 0 Å². The topological polar surface area (TPSA) is 66.5 Å². The summed E-state index contributed by atoms with van der Waals surface area (Å²) >= 11 is 0. The Morgan fingerprint density at radius 2 is 2.00 bits per heavy atom. The second-order valence-corrected chi connectivity index (χ2v) is 6.85. The maximum absolute atomic E-state index is 13.0. The first kappa shape index (κ1) is 15.8. The minimum atomic E-state index is -0.629. The van der Waals surface area contributed by atoms with Crippen molar-refractivity contribution >= 4 is 34.2 Å². The van der Waals surface area contributed by atoms with E-state index in [1.807, 2.05) is 30.3 Å². The maximum Gasteiger partial charge on any atom is 0.259 e. The van der Waals surface area contributed by atoms with E-state index in [9.17, 15) is 14.4 Å². The molecule has 1 N–H and O–H groups in total. The summed E-state index contributed by atoms with van der Waals surface area (Å²) in [5.74, 6) is -0.431. The molecule has 2 aliphatic rings. The van der Waals surface area contributed by atoms with Crippen LogP contribution >= 0.6 is 0 Å². The van der Waals surface area contributed by atoms with E-state index in [2.05, 4.69) is 19.2 Å². The van der Waals surface area contributed by atoms with E-state index in [4.69, 9.17) is 0 Å². The van der Waals surface area contributed by atoms with Crippen LogP contribution in [0.4, 0.5) is 5.69 Å². The Bertz CT molecular complexity index is 919. The van der Waals surface area contributed by atoms with Gasteiger partial charge in [-0.05, 0) is 41.8 Å². The molecule has 0 bridgehead atoms. The number of hydrogen-bond acceptors (Lipinski definition) is 3. The third kappa shape index (κ3) is 2.26. The average molecular weight is 336 g/mol. The minimum absolute atomic E-state index is 0.156. The second-order valence-electron chi connectivity index (χ2n) is 6.85. The molecular weight excluding hydrogens is 316 g/mol. The van der Waals surface area contributed by atoms with Crippen molar-refractivity contribution in [3.05, 3.63) is 41.5 Å². The van der Waals surface area contributed by atoms with Gasteiger partial charge in [-0.2, -0.15) is 0 Å². The van der Waals surface area contributed by atoms with E-state index < -0.39 is 11.9 Å². The first-order chi connectivity index (χ1) is 12.0. The van der Waals surface area contributed by atoms with E-state index >= 15 is 0 Å². The number of piperidine rings is 1. The van der Waals surface area contributed by atoms with Gasteiger partial charge in [-0.15, -0.1) is 0 Å². The average Bonchev–Trinajstić information content (AvgIpc) is 2.89. The van der Waals surface area contributed by atoms with Gasteiger partial charge in [0, 0.05) is 17.4 Å². The zero-order valence-electron chi connectivity index (χ0n) is 14.3. The van der Waals surface area contributed by atoms with E-state index in [0.29, 0.717) is 17.9 Å². The van der Waals surface area contributed by atoms with Gasteiger partial charge in [-0.3, -0.25) is 24.6 Å². The van der Waals surface area contributed by atoms with E-state index in [0.717, 1.165) is 22.9 Å². The standard InChI is InChI=1S/C20H20N2O3/c1-3-11(2)12-7-8-14-18-13(12)5-4-6-15(18)22(20(14)25)16-9-10-17(23)21-19(16)24/h4-8,11,16H,3,9-10H2,1-2H3,(H,21,23,24). The minimum Gasteiger partial charge on any atom is -0.295 e. The third-order valence-corrected chi connectivity index (χ3v) is 5.43. The van der Waals surface area contributed by atoms with Crippen LogP contribution in [0.25, 0.3) is 10.8 Å². The molecule has 4 rings (SSSR count). The van der Waals surface area contributed by atoms with Crippen LogP contribution < -0.4 is 10.2 Å². The van der Waals surface area contributed by atoms with Gasteiger partial charge in [0.2, 0.25) is 11.8 Å². The summed E-state index contributed by atoms with van der Waals surface area (Å²) in [4.78, 5) is 38.3. The third-order valence-electron chi connectivity index (χ3n) is 5.43. The molecule has 25 heavy (non-hydrogen) atoms. The monoisotopic (exact) mass is 336 g/mol. The summed E-state index contributed by atoms with van der Waals surface area (Å²) in [5, 5.41) is 4.35. The van der Waals surface area contributed by atoms with Gasteiger partial charge in [0.1, 0.15) is 6.04 Å². The van der Waals surface area contributed by atoms with E-state index in [1.165, 1.54) is 5.56 Å². The Morgan fingerprint density at radius 1 is 1.20 bits per heavy atom. The fourth-order valence-corrected chi connectivity index (χ4v) is 3.92. The van der Waals surface area contributed by atoms with Crippen LogP contribution in [0.2, 0.25) is 0 Å². The highest BCUT2D eigenvalue weighted by molar-refractivity contribution is 6.27. The highest BCUT2D eigenvalue weighted by Gasteiger charge is 2.40. The van der Waals surface area contributed by atoms with Gasteiger partial charge in [-0.25, -0.2) is 0 Å². The Balaban J connectivity index is 1.87. The molecule has 2 atom stereocenters. The normalized spacial score (nSPS) is 21.0. The summed E-state index contributed by atoms with van der Waals surface area (Å²) in [6, 6.07) is 9.15. The molecular formula is C20H20N2O3. The first-order valence-electron chi connectivity index (χ1n) is 8.75. The summed E-state index contributed by atoms with van der Waals surface area (Å²) < 4.78 is 0. The SMILES string of the molecule is CCC(C)c1ccc2c3c(cccc13)N(C1CCC(=O)NC1=O)C2=O. The second kappa shape index (κ2) is 5.69. The van der Waals surface area contributed by atoms with Crippen molar-refractivity contribution in [1.82, 2.24) is 5.32 Å². The molecule has 1 saturated heterocycles. The molecule has 128 valence electrons. The molecule has 2 unspecified atom stereocenters. The largest absolute Gasteiger partial charge is 0.295 e. The molecule has 2 aromatic rings. The quantitative estimate of drug-likeness (QED) is 0.876. The summed E-state index contributed by atoms with van der Waals surface area (Å²) in [5.41, 5.74) is 2.64. The highest BCUT2D eigenvalue weighted by atomic mass is 16.2. The highest BCUT2D eigenvalue weighted by Crippen LogP contribution is 2.42. The predicted octanol–water partition coefficient (Wildman–Crippen LogP) is 3.12. The van der Waals surface area contributed by atoms with Crippen LogP contribution in [-0.4, -0.2) is 23.8 Å². The van der Waals surface area contributed by atoms with Crippen LogP contribution in [0.1, 0.15) is 54.9 Å². The molecule has 2 aliphatic heterocycles. The van der Waals surface area contributed by atoms with Crippen LogP contribution in [-0.2, 0) is 9.59 Å². The number of carbonyl (C=O) groups is 3. The van der Waals surface area contributed by atoms with Crippen molar-refractivity contribution in [2.24, 2.45) is 0 Å². The lowest BCUT2D eigenvalue weighted by molar-refractivity contribution is -0.134. The molecule has 0 aliphatic carbocycles. The van der Waals surface area contributed by atoms with Crippen LogP contribution in [0, 0.1) is 0 Å². The van der Waals surface area contributed by atoms with Gasteiger partial charge >= 0.3 is 0 Å². The fourth-order valence-electron chi connectivity index (χ4n) is 3.92. The Hall–Kier alpha value is -2.69. The van der Waals surface area contributed by atoms with Gasteiger partial charge < -0.3 is 0 Å². The van der Waals surface area contributed by atoms with Crippen molar-refractivity contribution in [3.63, 3.8) is 0 Å². The van der Waals surface area contributed by atoms with Gasteiger partial charge in [-0.1, -0.05) is 32.0 Å². The zero-order valence-corrected chi connectivity index (χ0v) is 14.3.